The van der Waals surface area contributed by atoms with Gasteiger partial charge in [-0.15, -0.1) is 0 Å². The van der Waals surface area contributed by atoms with Gasteiger partial charge in [-0.25, -0.2) is 0 Å². The maximum absolute atomic E-state index is 9.47. The Morgan fingerprint density at radius 2 is 2.00 bits per heavy atom. The van der Waals surface area contributed by atoms with Crippen LogP contribution in [0.3, 0.4) is 0 Å². The van der Waals surface area contributed by atoms with Crippen LogP contribution in [0.5, 0.6) is 5.75 Å². The fourth-order valence-electron chi connectivity index (χ4n) is 1.42. The second kappa shape index (κ2) is 5.19. The van der Waals surface area contributed by atoms with Crippen LogP contribution in [0.25, 0.3) is 0 Å². The Bertz CT molecular complexity index is 363. The fourth-order valence-corrected chi connectivity index (χ4v) is 1.79. The lowest BCUT2D eigenvalue weighted by atomic mass is 9.99. The smallest absolute Gasteiger partial charge is 0.115 e. The highest BCUT2D eigenvalue weighted by Crippen LogP contribution is 2.26. The molecule has 90 valence electrons. The lowest BCUT2D eigenvalue weighted by molar-refractivity contribution is 0.142. The number of hydrogen-bond donors (Lipinski definition) is 1. The van der Waals surface area contributed by atoms with Crippen LogP contribution >= 0.6 is 15.9 Å². The molecule has 0 unspecified atom stereocenters. The van der Waals surface area contributed by atoms with E-state index >= 15 is 0 Å². The van der Waals surface area contributed by atoms with E-state index < -0.39 is 0 Å². The standard InChI is InChI=1S/C13H20BrNO/c1-5-13(2,3)15(4)9-10-8-11(16)6-7-12(10)14/h6-8,16H,5,9H2,1-4H3. The molecule has 0 atom stereocenters. The number of benzene rings is 1. The summed E-state index contributed by atoms with van der Waals surface area (Å²) in [7, 11) is 2.11. The van der Waals surface area contributed by atoms with Gasteiger partial charge in [0.1, 0.15) is 5.75 Å². The number of rotatable bonds is 4. The lowest BCUT2D eigenvalue weighted by Crippen LogP contribution is -2.39. The normalized spacial score (nSPS) is 12.1. The predicted octanol–water partition coefficient (Wildman–Crippen LogP) is 3.78. The van der Waals surface area contributed by atoms with Crippen LogP contribution in [-0.2, 0) is 6.54 Å². The second-order valence-electron chi connectivity index (χ2n) is 4.80. The topological polar surface area (TPSA) is 23.5 Å². The first-order chi connectivity index (χ1) is 7.36. The quantitative estimate of drug-likeness (QED) is 0.910. The van der Waals surface area contributed by atoms with Crippen molar-refractivity contribution in [3.8, 4) is 5.75 Å². The van der Waals surface area contributed by atoms with E-state index in [2.05, 4.69) is 48.6 Å². The molecule has 0 aliphatic carbocycles. The van der Waals surface area contributed by atoms with E-state index in [4.69, 9.17) is 0 Å². The molecule has 1 aromatic carbocycles. The zero-order valence-corrected chi connectivity index (χ0v) is 12.0. The number of phenols is 1. The molecular weight excluding hydrogens is 266 g/mol. The van der Waals surface area contributed by atoms with Gasteiger partial charge in [-0.1, -0.05) is 22.9 Å². The minimum Gasteiger partial charge on any atom is -0.508 e. The van der Waals surface area contributed by atoms with Gasteiger partial charge in [0, 0.05) is 16.6 Å². The van der Waals surface area contributed by atoms with Crippen LogP contribution < -0.4 is 0 Å². The molecule has 0 aromatic heterocycles. The number of halogens is 1. The van der Waals surface area contributed by atoms with Crippen molar-refractivity contribution in [2.75, 3.05) is 7.05 Å². The Morgan fingerprint density at radius 3 is 2.56 bits per heavy atom. The van der Waals surface area contributed by atoms with Crippen LogP contribution in [0.15, 0.2) is 22.7 Å². The van der Waals surface area contributed by atoms with Crippen molar-refractivity contribution in [3.05, 3.63) is 28.2 Å². The van der Waals surface area contributed by atoms with E-state index in [1.165, 1.54) is 0 Å². The Kier molecular flexibility index (Phi) is 4.39. The molecule has 0 aliphatic rings. The van der Waals surface area contributed by atoms with Crippen LogP contribution in [0.4, 0.5) is 0 Å². The van der Waals surface area contributed by atoms with E-state index in [-0.39, 0.29) is 5.54 Å². The third kappa shape index (κ3) is 3.22. The molecule has 1 aromatic rings. The van der Waals surface area contributed by atoms with Crippen molar-refractivity contribution in [1.82, 2.24) is 4.90 Å². The van der Waals surface area contributed by atoms with Gasteiger partial charge in [0.25, 0.3) is 0 Å². The molecule has 0 amide bonds. The van der Waals surface area contributed by atoms with E-state index in [0.717, 1.165) is 23.0 Å². The molecule has 3 heteroatoms. The van der Waals surface area contributed by atoms with Crippen molar-refractivity contribution in [1.29, 1.82) is 0 Å². The monoisotopic (exact) mass is 285 g/mol. The van der Waals surface area contributed by atoms with Crippen molar-refractivity contribution in [3.63, 3.8) is 0 Å². The average Bonchev–Trinajstić information content (AvgIpc) is 2.23. The van der Waals surface area contributed by atoms with Crippen LogP contribution in [0.1, 0.15) is 32.8 Å². The van der Waals surface area contributed by atoms with Crippen molar-refractivity contribution in [2.24, 2.45) is 0 Å². The number of nitrogens with zero attached hydrogens (tertiary/aromatic N) is 1. The van der Waals surface area contributed by atoms with Gasteiger partial charge >= 0.3 is 0 Å². The van der Waals surface area contributed by atoms with Crippen molar-refractivity contribution < 1.29 is 5.11 Å². The van der Waals surface area contributed by atoms with Gasteiger partial charge in [0.05, 0.1) is 0 Å². The first-order valence-electron chi connectivity index (χ1n) is 5.55. The van der Waals surface area contributed by atoms with Gasteiger partial charge in [-0.2, -0.15) is 0 Å². The van der Waals surface area contributed by atoms with Crippen LogP contribution in [-0.4, -0.2) is 22.6 Å². The number of phenolic OH excluding ortho intramolecular Hbond substituents is 1. The summed E-state index contributed by atoms with van der Waals surface area (Å²) in [6, 6.07) is 5.39. The zero-order chi connectivity index (χ0) is 12.3. The third-order valence-electron chi connectivity index (χ3n) is 3.34. The Balaban J connectivity index is 2.84. The molecule has 0 fully saturated rings. The molecule has 0 bridgehead atoms. The second-order valence-corrected chi connectivity index (χ2v) is 5.65. The Labute approximate surface area is 106 Å². The molecule has 0 radical (unpaired) electrons. The molecule has 2 nitrogen and oxygen atoms in total. The van der Waals surface area contributed by atoms with Crippen LogP contribution in [0, 0.1) is 0 Å². The summed E-state index contributed by atoms with van der Waals surface area (Å²) in [5.74, 6) is 0.320. The van der Waals surface area contributed by atoms with Gasteiger partial charge in [-0.05, 0) is 51.1 Å². The molecule has 1 N–H and O–H groups in total. The zero-order valence-electron chi connectivity index (χ0n) is 10.4. The van der Waals surface area contributed by atoms with E-state index in [0.29, 0.717) is 5.75 Å². The molecule has 0 aliphatic heterocycles. The van der Waals surface area contributed by atoms with E-state index in [9.17, 15) is 5.11 Å². The SMILES string of the molecule is CCC(C)(C)N(C)Cc1cc(O)ccc1Br. The summed E-state index contributed by atoms with van der Waals surface area (Å²) in [5.41, 5.74) is 1.29. The molecular formula is C13H20BrNO. The first-order valence-corrected chi connectivity index (χ1v) is 6.34. The molecule has 0 saturated carbocycles. The molecule has 16 heavy (non-hydrogen) atoms. The minimum absolute atomic E-state index is 0.172. The van der Waals surface area contributed by atoms with Crippen molar-refractivity contribution >= 4 is 15.9 Å². The molecule has 0 heterocycles. The molecule has 0 spiro atoms. The highest BCUT2D eigenvalue weighted by Gasteiger charge is 2.21. The predicted molar refractivity (Wildman–Crippen MR) is 71.6 cm³/mol. The average molecular weight is 286 g/mol. The first kappa shape index (κ1) is 13.5. The van der Waals surface area contributed by atoms with Crippen molar-refractivity contribution in [2.45, 2.75) is 39.3 Å². The number of aromatic hydroxyl groups is 1. The summed E-state index contributed by atoms with van der Waals surface area (Å²) in [5, 5.41) is 9.47. The fraction of sp³-hybridized carbons (Fsp3) is 0.538. The maximum atomic E-state index is 9.47. The summed E-state index contributed by atoms with van der Waals surface area (Å²) in [6.07, 6.45) is 1.10. The Hall–Kier alpha value is -0.540. The summed E-state index contributed by atoms with van der Waals surface area (Å²) in [6.45, 7) is 7.47. The van der Waals surface area contributed by atoms with Crippen LogP contribution in [0.2, 0.25) is 0 Å². The van der Waals surface area contributed by atoms with Gasteiger partial charge < -0.3 is 5.11 Å². The minimum atomic E-state index is 0.172. The van der Waals surface area contributed by atoms with E-state index in [1.54, 1.807) is 6.07 Å². The molecule has 0 saturated heterocycles. The Morgan fingerprint density at radius 1 is 1.38 bits per heavy atom. The highest BCUT2D eigenvalue weighted by atomic mass is 79.9. The summed E-state index contributed by atoms with van der Waals surface area (Å²) >= 11 is 3.51. The largest absolute Gasteiger partial charge is 0.508 e. The van der Waals surface area contributed by atoms with E-state index in [1.807, 2.05) is 12.1 Å². The maximum Gasteiger partial charge on any atom is 0.115 e. The lowest BCUT2D eigenvalue weighted by Gasteiger charge is -2.35. The highest BCUT2D eigenvalue weighted by molar-refractivity contribution is 9.10. The summed E-state index contributed by atoms with van der Waals surface area (Å²) < 4.78 is 1.05. The van der Waals surface area contributed by atoms with Gasteiger partial charge in [0.2, 0.25) is 0 Å². The summed E-state index contributed by atoms with van der Waals surface area (Å²) in [4.78, 5) is 2.30. The number of hydrogen-bond acceptors (Lipinski definition) is 2. The van der Waals surface area contributed by atoms with Gasteiger partial charge in [-0.3, -0.25) is 4.90 Å². The third-order valence-corrected chi connectivity index (χ3v) is 4.11. The molecule has 1 rings (SSSR count). The van der Waals surface area contributed by atoms with Gasteiger partial charge in [0.15, 0.2) is 0 Å².